The fraction of sp³-hybridized carbons (Fsp3) is 0.367. The second kappa shape index (κ2) is 14.3. The Bertz CT molecular complexity index is 1210. The van der Waals surface area contributed by atoms with Crippen LogP contribution in [0.4, 0.5) is 11.6 Å². The van der Waals surface area contributed by atoms with Crippen LogP contribution in [-0.4, -0.2) is 59.3 Å². The molecule has 4 rings (SSSR count). The van der Waals surface area contributed by atoms with Gasteiger partial charge in [-0.25, -0.2) is 15.0 Å². The maximum Gasteiger partial charge on any atom is 0.227 e. The van der Waals surface area contributed by atoms with Gasteiger partial charge in [-0.2, -0.15) is 0 Å². The molecule has 0 aliphatic carbocycles. The van der Waals surface area contributed by atoms with E-state index in [1.165, 1.54) is 12.8 Å². The lowest BCUT2D eigenvalue weighted by Gasteiger charge is -2.17. The van der Waals surface area contributed by atoms with Crippen LogP contribution in [0.2, 0.25) is 0 Å². The molecule has 0 amide bonds. The maximum absolute atomic E-state index is 6.14. The van der Waals surface area contributed by atoms with Crippen LogP contribution in [0.5, 0.6) is 11.6 Å². The summed E-state index contributed by atoms with van der Waals surface area (Å²) >= 11 is 0. The Morgan fingerprint density at radius 2 is 1.89 bits per heavy atom. The van der Waals surface area contributed by atoms with E-state index in [1.54, 1.807) is 12.3 Å². The fourth-order valence-electron chi connectivity index (χ4n) is 4.26. The van der Waals surface area contributed by atoms with Crippen molar-refractivity contribution in [2.45, 2.75) is 32.8 Å². The molecule has 2 aromatic heterocycles. The minimum absolute atomic E-state index is 0.423. The molecule has 1 aliphatic rings. The number of likely N-dealkylation sites (tertiary alicyclic amines) is 1. The van der Waals surface area contributed by atoms with Crippen molar-refractivity contribution in [3.63, 3.8) is 0 Å². The summed E-state index contributed by atoms with van der Waals surface area (Å²) in [4.78, 5) is 16.0. The van der Waals surface area contributed by atoms with Crippen molar-refractivity contribution >= 4 is 11.6 Å². The van der Waals surface area contributed by atoms with Crippen LogP contribution in [0.3, 0.4) is 0 Å². The van der Waals surface area contributed by atoms with Gasteiger partial charge in [0.05, 0.1) is 25.5 Å². The first-order chi connectivity index (χ1) is 18.7. The fourth-order valence-corrected chi connectivity index (χ4v) is 4.26. The summed E-state index contributed by atoms with van der Waals surface area (Å²) in [7, 11) is 0. The number of benzene rings is 1. The number of aromatic nitrogens is 3. The molecule has 0 unspecified atom stereocenters. The molecular weight excluding hydrogens is 478 g/mol. The molecule has 1 aliphatic heterocycles. The Morgan fingerprint density at radius 3 is 2.71 bits per heavy atom. The van der Waals surface area contributed by atoms with E-state index < -0.39 is 0 Å². The number of anilines is 2. The van der Waals surface area contributed by atoms with Gasteiger partial charge < -0.3 is 19.5 Å². The summed E-state index contributed by atoms with van der Waals surface area (Å²) in [6.45, 7) is 14.8. The molecule has 1 aromatic carbocycles. The van der Waals surface area contributed by atoms with Crippen molar-refractivity contribution in [2.24, 2.45) is 0 Å². The zero-order valence-electron chi connectivity index (χ0n) is 22.2. The van der Waals surface area contributed by atoms with Gasteiger partial charge in [0.25, 0.3) is 0 Å². The maximum atomic E-state index is 6.14. The van der Waals surface area contributed by atoms with E-state index in [1.807, 2.05) is 49.5 Å². The molecule has 1 saturated heterocycles. The van der Waals surface area contributed by atoms with Gasteiger partial charge in [-0.1, -0.05) is 12.2 Å². The zero-order valence-corrected chi connectivity index (χ0v) is 22.2. The third kappa shape index (κ3) is 7.87. The summed E-state index contributed by atoms with van der Waals surface area (Å²) in [5.41, 5.74) is 4.50. The van der Waals surface area contributed by atoms with E-state index in [9.17, 15) is 0 Å². The summed E-state index contributed by atoms with van der Waals surface area (Å²) in [6.07, 6.45) is 10.4. The molecule has 38 heavy (non-hydrogen) atoms. The predicted octanol–water partition coefficient (Wildman–Crippen LogP) is 5.72. The van der Waals surface area contributed by atoms with Crippen LogP contribution in [-0.2, 0) is 11.3 Å². The number of nitrogens with zero attached hydrogens (tertiary/aromatic N) is 4. The average Bonchev–Trinajstić information content (AvgIpc) is 3.45. The molecule has 0 saturated carbocycles. The predicted molar refractivity (Wildman–Crippen MR) is 151 cm³/mol. The summed E-state index contributed by atoms with van der Waals surface area (Å²) in [5.74, 6) is 1.88. The number of hydrogen-bond acceptors (Lipinski definition) is 8. The van der Waals surface area contributed by atoms with Gasteiger partial charge in [0.15, 0.2) is 0 Å². The first-order valence-electron chi connectivity index (χ1n) is 13.1. The Morgan fingerprint density at radius 1 is 1.03 bits per heavy atom. The van der Waals surface area contributed by atoms with Gasteiger partial charge in [-0.15, -0.1) is 13.2 Å². The molecule has 0 spiro atoms. The third-order valence-corrected chi connectivity index (χ3v) is 6.23. The van der Waals surface area contributed by atoms with Crippen molar-refractivity contribution in [2.75, 3.05) is 44.8 Å². The first kappa shape index (κ1) is 27.3. The van der Waals surface area contributed by atoms with Gasteiger partial charge in [-0.05, 0) is 69.1 Å². The monoisotopic (exact) mass is 515 g/mol. The molecule has 1 N–H and O–H groups in total. The number of nitrogens with one attached hydrogen (secondary N) is 1. The number of aryl methyl sites for hydroxylation is 1. The van der Waals surface area contributed by atoms with Crippen molar-refractivity contribution in [3.05, 3.63) is 79.2 Å². The Balaban J connectivity index is 1.48. The van der Waals surface area contributed by atoms with Crippen molar-refractivity contribution < 1.29 is 14.2 Å². The molecule has 1 fully saturated rings. The smallest absolute Gasteiger partial charge is 0.227 e. The number of rotatable bonds is 15. The quantitative estimate of drug-likeness (QED) is 0.203. The van der Waals surface area contributed by atoms with Gasteiger partial charge in [0.1, 0.15) is 12.4 Å². The van der Waals surface area contributed by atoms with Crippen LogP contribution in [0.15, 0.2) is 68.0 Å². The van der Waals surface area contributed by atoms with Crippen LogP contribution in [0, 0.1) is 6.92 Å². The Labute approximate surface area is 225 Å². The molecule has 3 heterocycles. The van der Waals surface area contributed by atoms with E-state index in [0.29, 0.717) is 38.3 Å². The average molecular weight is 516 g/mol. The van der Waals surface area contributed by atoms with Crippen molar-refractivity contribution in [1.29, 1.82) is 0 Å². The Hall–Kier alpha value is -3.75. The zero-order chi connectivity index (χ0) is 26.6. The molecular formula is C30H37N5O3. The van der Waals surface area contributed by atoms with Crippen molar-refractivity contribution in [1.82, 2.24) is 19.9 Å². The van der Waals surface area contributed by atoms with Crippen LogP contribution >= 0.6 is 0 Å². The van der Waals surface area contributed by atoms with Gasteiger partial charge in [-0.3, -0.25) is 4.90 Å². The van der Waals surface area contributed by atoms with E-state index in [4.69, 9.17) is 19.2 Å². The molecule has 0 bridgehead atoms. The minimum Gasteiger partial charge on any atom is -0.492 e. The lowest BCUT2D eigenvalue weighted by atomic mass is 10.1. The van der Waals surface area contributed by atoms with Crippen molar-refractivity contribution in [3.8, 4) is 22.9 Å². The molecule has 0 radical (unpaired) electrons. The number of pyridine rings is 1. The SMILES string of the molecule is C=CCCOc1cc(-c2nc(Nc3ccc(OCCN4CCCC4)c(COCC=C)c3)ncc2C)ccn1. The second-order valence-electron chi connectivity index (χ2n) is 9.18. The standard InChI is InChI=1S/C30H37N5O3/c1-4-6-17-38-28-20-24(11-12-31-28)29-23(3)21-32-30(34-29)33-26-9-10-27(25(19-26)22-36-16-5-2)37-18-15-35-13-7-8-14-35/h4-5,9-12,19-21H,1-2,6-8,13-18,22H2,3H3,(H,32,33,34). The normalized spacial score (nSPS) is 13.3. The van der Waals surface area contributed by atoms with E-state index in [0.717, 1.165) is 59.9 Å². The van der Waals surface area contributed by atoms with E-state index in [2.05, 4.69) is 33.3 Å². The molecule has 8 heteroatoms. The highest BCUT2D eigenvalue weighted by molar-refractivity contribution is 5.66. The second-order valence-corrected chi connectivity index (χ2v) is 9.18. The minimum atomic E-state index is 0.423. The first-order valence-corrected chi connectivity index (χ1v) is 13.1. The molecule has 0 atom stereocenters. The third-order valence-electron chi connectivity index (χ3n) is 6.23. The highest BCUT2D eigenvalue weighted by Gasteiger charge is 2.13. The van der Waals surface area contributed by atoms with E-state index in [-0.39, 0.29) is 0 Å². The lowest BCUT2D eigenvalue weighted by molar-refractivity contribution is 0.144. The topological polar surface area (TPSA) is 81.6 Å². The molecule has 8 nitrogen and oxygen atoms in total. The number of hydrogen-bond donors (Lipinski definition) is 1. The van der Waals surface area contributed by atoms with Gasteiger partial charge in [0, 0.05) is 41.8 Å². The van der Waals surface area contributed by atoms with Gasteiger partial charge >= 0.3 is 0 Å². The molecule has 200 valence electrons. The van der Waals surface area contributed by atoms with Crippen LogP contribution in [0.25, 0.3) is 11.3 Å². The summed E-state index contributed by atoms with van der Waals surface area (Å²) in [5, 5.41) is 3.34. The van der Waals surface area contributed by atoms with E-state index >= 15 is 0 Å². The lowest BCUT2D eigenvalue weighted by Crippen LogP contribution is -2.25. The molecule has 3 aromatic rings. The van der Waals surface area contributed by atoms with Gasteiger partial charge in [0.2, 0.25) is 11.8 Å². The van der Waals surface area contributed by atoms with Crippen LogP contribution < -0.4 is 14.8 Å². The largest absolute Gasteiger partial charge is 0.492 e. The summed E-state index contributed by atoms with van der Waals surface area (Å²) < 4.78 is 17.6. The highest BCUT2D eigenvalue weighted by atomic mass is 16.5. The Kier molecular flexibility index (Phi) is 10.2. The number of ether oxygens (including phenoxy) is 3. The highest BCUT2D eigenvalue weighted by Crippen LogP contribution is 2.28. The summed E-state index contributed by atoms with van der Waals surface area (Å²) in [6, 6.07) is 9.79. The van der Waals surface area contributed by atoms with Crippen LogP contribution in [0.1, 0.15) is 30.4 Å².